The molecule has 19 heavy (non-hydrogen) atoms. The molecule has 1 aliphatic heterocycles. The van der Waals surface area contributed by atoms with E-state index in [1.54, 1.807) is 6.07 Å². The Labute approximate surface area is 110 Å². The van der Waals surface area contributed by atoms with Gasteiger partial charge in [-0.25, -0.2) is 4.39 Å². The number of ether oxygens (including phenoxy) is 1. The van der Waals surface area contributed by atoms with Gasteiger partial charge in [0.15, 0.2) is 11.6 Å². The summed E-state index contributed by atoms with van der Waals surface area (Å²) < 4.78 is 19.3. The Morgan fingerprint density at radius 3 is 2.89 bits per heavy atom. The number of halogens is 1. The van der Waals surface area contributed by atoms with Gasteiger partial charge in [0.05, 0.1) is 0 Å². The van der Waals surface area contributed by atoms with Crippen LogP contribution in [0.2, 0.25) is 0 Å². The van der Waals surface area contributed by atoms with Gasteiger partial charge >= 0.3 is 0 Å². The molecule has 0 radical (unpaired) electrons. The van der Waals surface area contributed by atoms with Crippen LogP contribution in [0.15, 0.2) is 36.4 Å². The molecule has 1 heterocycles. The van der Waals surface area contributed by atoms with Crippen molar-refractivity contribution in [1.82, 2.24) is 0 Å². The molecule has 0 bridgehead atoms. The number of nitrogens with two attached hydrogens (primary N) is 1. The van der Waals surface area contributed by atoms with Gasteiger partial charge in [-0.05, 0) is 23.3 Å². The first-order valence-corrected chi connectivity index (χ1v) is 6.16. The first-order valence-electron chi connectivity index (χ1n) is 6.16. The molecule has 4 heteroatoms. The third-order valence-electron chi connectivity index (χ3n) is 3.35. The van der Waals surface area contributed by atoms with E-state index in [9.17, 15) is 9.50 Å². The van der Waals surface area contributed by atoms with E-state index in [1.165, 1.54) is 12.1 Å². The topological polar surface area (TPSA) is 55.5 Å². The van der Waals surface area contributed by atoms with E-state index in [4.69, 9.17) is 10.5 Å². The van der Waals surface area contributed by atoms with Crippen LogP contribution in [0.5, 0.6) is 11.5 Å². The zero-order valence-corrected chi connectivity index (χ0v) is 10.3. The van der Waals surface area contributed by atoms with E-state index in [1.807, 2.05) is 18.2 Å². The van der Waals surface area contributed by atoms with Crippen LogP contribution in [0.4, 0.5) is 4.39 Å². The van der Waals surface area contributed by atoms with Gasteiger partial charge in [0.25, 0.3) is 0 Å². The van der Waals surface area contributed by atoms with E-state index in [-0.39, 0.29) is 11.9 Å². The Hall–Kier alpha value is -2.07. The Morgan fingerprint density at radius 1 is 1.32 bits per heavy atom. The van der Waals surface area contributed by atoms with Crippen LogP contribution in [0.3, 0.4) is 0 Å². The molecule has 2 aromatic rings. The number of hydrogen-bond donors (Lipinski definition) is 2. The molecule has 3 nitrogen and oxygen atoms in total. The minimum atomic E-state index is -0.636. The standard InChI is InChI=1S/C15H14FNO2/c16-13-7-9(4-5-14(13)18)12-3-1-2-10-6-11(8-17)19-15(10)12/h1-5,7,11,18H,6,8,17H2/t11-/m0/s1. The average Bonchev–Trinajstić information content (AvgIpc) is 2.85. The molecule has 1 atom stereocenters. The smallest absolute Gasteiger partial charge is 0.165 e. The van der Waals surface area contributed by atoms with Gasteiger partial charge in [0.2, 0.25) is 0 Å². The van der Waals surface area contributed by atoms with Crippen LogP contribution in [-0.2, 0) is 6.42 Å². The predicted octanol–water partition coefficient (Wildman–Crippen LogP) is 2.46. The van der Waals surface area contributed by atoms with Crippen LogP contribution in [-0.4, -0.2) is 17.8 Å². The summed E-state index contributed by atoms with van der Waals surface area (Å²) in [5.41, 5.74) is 8.22. The van der Waals surface area contributed by atoms with E-state index in [0.29, 0.717) is 12.1 Å². The lowest BCUT2D eigenvalue weighted by molar-refractivity contribution is 0.242. The third-order valence-corrected chi connectivity index (χ3v) is 3.35. The third kappa shape index (κ3) is 2.04. The molecule has 3 rings (SSSR count). The number of rotatable bonds is 2. The zero-order valence-electron chi connectivity index (χ0n) is 10.3. The van der Waals surface area contributed by atoms with E-state index in [0.717, 1.165) is 23.3 Å². The van der Waals surface area contributed by atoms with Crippen LogP contribution in [0, 0.1) is 5.82 Å². The summed E-state index contributed by atoms with van der Waals surface area (Å²) in [6.07, 6.45) is 0.762. The van der Waals surface area contributed by atoms with Crippen LogP contribution >= 0.6 is 0 Å². The van der Waals surface area contributed by atoms with Crippen LogP contribution in [0.1, 0.15) is 5.56 Å². The van der Waals surface area contributed by atoms with Crippen molar-refractivity contribution in [2.45, 2.75) is 12.5 Å². The molecule has 1 aliphatic rings. The monoisotopic (exact) mass is 259 g/mol. The Kier molecular flexibility index (Phi) is 2.87. The highest BCUT2D eigenvalue weighted by atomic mass is 19.1. The highest BCUT2D eigenvalue weighted by Crippen LogP contribution is 2.39. The van der Waals surface area contributed by atoms with Crippen LogP contribution < -0.4 is 10.5 Å². The lowest BCUT2D eigenvalue weighted by Gasteiger charge is -2.11. The maximum absolute atomic E-state index is 13.4. The van der Waals surface area contributed by atoms with Crippen molar-refractivity contribution in [3.8, 4) is 22.6 Å². The second-order valence-corrected chi connectivity index (χ2v) is 4.64. The van der Waals surface area contributed by atoms with E-state index in [2.05, 4.69) is 0 Å². The molecular weight excluding hydrogens is 245 g/mol. The number of phenols is 1. The summed E-state index contributed by atoms with van der Waals surface area (Å²) in [6, 6.07) is 10.1. The molecule has 0 saturated carbocycles. The molecule has 0 unspecified atom stereocenters. The fourth-order valence-electron chi connectivity index (χ4n) is 2.37. The van der Waals surface area contributed by atoms with Gasteiger partial charge in [0, 0.05) is 18.5 Å². The molecule has 0 aromatic heterocycles. The van der Waals surface area contributed by atoms with Gasteiger partial charge in [-0.15, -0.1) is 0 Å². The van der Waals surface area contributed by atoms with Crippen molar-refractivity contribution in [3.05, 3.63) is 47.8 Å². The van der Waals surface area contributed by atoms with Crippen molar-refractivity contribution < 1.29 is 14.2 Å². The number of benzene rings is 2. The summed E-state index contributed by atoms with van der Waals surface area (Å²) in [5.74, 6) is -0.219. The minimum Gasteiger partial charge on any atom is -0.505 e. The largest absolute Gasteiger partial charge is 0.505 e. The predicted molar refractivity (Wildman–Crippen MR) is 70.7 cm³/mol. The fourth-order valence-corrected chi connectivity index (χ4v) is 2.37. The van der Waals surface area contributed by atoms with E-state index >= 15 is 0 Å². The minimum absolute atomic E-state index is 0.0156. The van der Waals surface area contributed by atoms with Gasteiger partial charge < -0.3 is 15.6 Å². The summed E-state index contributed by atoms with van der Waals surface area (Å²) in [5, 5.41) is 9.24. The maximum atomic E-state index is 13.4. The normalized spacial score (nSPS) is 17.1. The lowest BCUT2D eigenvalue weighted by atomic mass is 10.0. The van der Waals surface area contributed by atoms with Crippen molar-refractivity contribution in [2.24, 2.45) is 5.73 Å². The molecular formula is C15H14FNO2. The second kappa shape index (κ2) is 4.55. The van der Waals surface area contributed by atoms with Crippen molar-refractivity contribution >= 4 is 0 Å². The molecule has 0 amide bonds. The van der Waals surface area contributed by atoms with Crippen molar-refractivity contribution in [3.63, 3.8) is 0 Å². The Balaban J connectivity index is 2.07. The van der Waals surface area contributed by atoms with Gasteiger partial charge in [-0.1, -0.05) is 24.3 Å². The lowest BCUT2D eigenvalue weighted by Crippen LogP contribution is -2.24. The fraction of sp³-hybridized carbons (Fsp3) is 0.200. The number of para-hydroxylation sites is 1. The number of phenolic OH excluding ortho intramolecular Hbond substituents is 1. The molecule has 0 saturated heterocycles. The second-order valence-electron chi connectivity index (χ2n) is 4.64. The quantitative estimate of drug-likeness (QED) is 0.871. The number of hydrogen-bond acceptors (Lipinski definition) is 3. The zero-order chi connectivity index (χ0) is 13.4. The van der Waals surface area contributed by atoms with Crippen molar-refractivity contribution in [1.29, 1.82) is 0 Å². The molecule has 3 N–H and O–H groups in total. The summed E-state index contributed by atoms with van der Waals surface area (Å²) in [4.78, 5) is 0. The summed E-state index contributed by atoms with van der Waals surface area (Å²) in [7, 11) is 0. The SMILES string of the molecule is NC[C@@H]1Cc2cccc(-c3ccc(O)c(F)c3)c2O1. The Bertz CT molecular complexity index is 628. The first-order chi connectivity index (χ1) is 9.19. The van der Waals surface area contributed by atoms with Gasteiger partial charge in [-0.2, -0.15) is 0 Å². The maximum Gasteiger partial charge on any atom is 0.165 e. The van der Waals surface area contributed by atoms with E-state index < -0.39 is 5.82 Å². The van der Waals surface area contributed by atoms with Crippen LogP contribution in [0.25, 0.3) is 11.1 Å². The summed E-state index contributed by atoms with van der Waals surface area (Å²) in [6.45, 7) is 0.456. The first kappa shape index (κ1) is 12.0. The van der Waals surface area contributed by atoms with Gasteiger partial charge in [0.1, 0.15) is 11.9 Å². The molecule has 2 aromatic carbocycles. The average molecular weight is 259 g/mol. The Morgan fingerprint density at radius 2 is 2.16 bits per heavy atom. The molecule has 0 fully saturated rings. The van der Waals surface area contributed by atoms with Gasteiger partial charge in [-0.3, -0.25) is 0 Å². The summed E-state index contributed by atoms with van der Waals surface area (Å²) >= 11 is 0. The molecule has 0 aliphatic carbocycles. The van der Waals surface area contributed by atoms with Crippen molar-refractivity contribution in [2.75, 3.05) is 6.54 Å². The number of fused-ring (bicyclic) bond motifs is 1. The molecule has 0 spiro atoms. The number of aromatic hydroxyl groups is 1. The highest BCUT2D eigenvalue weighted by molar-refractivity contribution is 5.73. The molecule has 98 valence electrons. The highest BCUT2D eigenvalue weighted by Gasteiger charge is 2.24.